The molecule has 5 unspecified atom stereocenters. The molecule has 0 radical (unpaired) electrons. The Morgan fingerprint density at radius 1 is 0.659 bits per heavy atom. The lowest BCUT2D eigenvalue weighted by Gasteiger charge is -2.60. The molecule has 3 heteroatoms. The number of hydrogen-bond donors (Lipinski definition) is 0. The van der Waals surface area contributed by atoms with Crippen LogP contribution in [0.5, 0.6) is 0 Å². The lowest BCUT2D eigenvalue weighted by Crippen LogP contribution is -2.55. The highest BCUT2D eigenvalue weighted by Crippen LogP contribution is 2.70. The standard InChI is InChI=1S/C38H43BO2/c1-35(2)28-10-8-7-9-26(28)33-30(35)17-18-31-34(33)27-21-25(39-40-36(3,4)37(5,6)41-39)15-16-29(27)38(31)24-14-13-23-12-11-22(19-24)20-32(23)38/h7-10,15-18,21-24,32H,11-14,19-20H2,1-6H3. The summed E-state index contributed by atoms with van der Waals surface area (Å²) in [4.78, 5) is 0. The van der Waals surface area contributed by atoms with Crippen LogP contribution in [0.2, 0.25) is 0 Å². The van der Waals surface area contributed by atoms with E-state index >= 15 is 0 Å². The fourth-order valence-corrected chi connectivity index (χ4v) is 10.7. The fraction of sp³-hybridized carbons (Fsp3) is 0.526. The van der Waals surface area contributed by atoms with Gasteiger partial charge in [0.25, 0.3) is 0 Å². The first-order chi connectivity index (χ1) is 19.5. The summed E-state index contributed by atoms with van der Waals surface area (Å²) >= 11 is 0. The molecule has 4 fully saturated rings. The van der Waals surface area contributed by atoms with Crippen LogP contribution in [0.4, 0.5) is 0 Å². The average molecular weight is 543 g/mol. The van der Waals surface area contributed by atoms with Crippen molar-refractivity contribution < 1.29 is 9.31 Å². The lowest BCUT2D eigenvalue weighted by molar-refractivity contribution is -0.0320. The van der Waals surface area contributed by atoms with Gasteiger partial charge in [-0.05, 0) is 133 Å². The van der Waals surface area contributed by atoms with Crippen LogP contribution in [0, 0.1) is 23.7 Å². The molecule has 9 rings (SSSR count). The third-order valence-corrected chi connectivity index (χ3v) is 13.3. The van der Waals surface area contributed by atoms with E-state index in [9.17, 15) is 0 Å². The van der Waals surface area contributed by atoms with Gasteiger partial charge in [-0.15, -0.1) is 0 Å². The van der Waals surface area contributed by atoms with Crippen LogP contribution in [0.1, 0.15) is 102 Å². The van der Waals surface area contributed by atoms with Crippen LogP contribution in [0.15, 0.2) is 54.6 Å². The highest BCUT2D eigenvalue weighted by Gasteiger charge is 2.62. The number of fused-ring (bicyclic) bond motifs is 8. The van der Waals surface area contributed by atoms with Crippen LogP contribution in [0.25, 0.3) is 22.3 Å². The van der Waals surface area contributed by atoms with Gasteiger partial charge in [0.05, 0.1) is 11.2 Å². The predicted octanol–water partition coefficient (Wildman–Crippen LogP) is 8.40. The molecule has 1 saturated heterocycles. The van der Waals surface area contributed by atoms with E-state index in [-0.39, 0.29) is 29.2 Å². The summed E-state index contributed by atoms with van der Waals surface area (Å²) in [6.07, 6.45) is 8.52. The largest absolute Gasteiger partial charge is 0.494 e. The Labute approximate surface area is 246 Å². The van der Waals surface area contributed by atoms with Gasteiger partial charge in [-0.2, -0.15) is 0 Å². The zero-order valence-electron chi connectivity index (χ0n) is 25.6. The Morgan fingerprint density at radius 2 is 1.34 bits per heavy atom. The summed E-state index contributed by atoms with van der Waals surface area (Å²) in [6, 6.07) is 21.7. The maximum Gasteiger partial charge on any atom is 0.494 e. The number of rotatable bonds is 1. The van der Waals surface area contributed by atoms with E-state index in [2.05, 4.69) is 96.1 Å². The molecule has 3 aromatic carbocycles. The second-order valence-corrected chi connectivity index (χ2v) is 15.9. The van der Waals surface area contributed by atoms with Crippen LogP contribution in [-0.2, 0) is 20.1 Å². The van der Waals surface area contributed by atoms with E-state index in [0.29, 0.717) is 0 Å². The van der Waals surface area contributed by atoms with E-state index in [1.807, 2.05) is 0 Å². The minimum Gasteiger partial charge on any atom is -0.399 e. The normalized spacial score (nSPS) is 34.0. The van der Waals surface area contributed by atoms with Gasteiger partial charge in [-0.25, -0.2) is 0 Å². The van der Waals surface area contributed by atoms with Gasteiger partial charge < -0.3 is 9.31 Å². The van der Waals surface area contributed by atoms with Crippen molar-refractivity contribution in [3.8, 4) is 22.3 Å². The third kappa shape index (κ3) is 2.94. The van der Waals surface area contributed by atoms with Crippen molar-refractivity contribution in [2.75, 3.05) is 0 Å². The van der Waals surface area contributed by atoms with Gasteiger partial charge in [0.15, 0.2) is 0 Å². The second-order valence-electron chi connectivity index (χ2n) is 15.9. The molecule has 41 heavy (non-hydrogen) atoms. The second kappa shape index (κ2) is 7.77. The molecule has 0 aromatic heterocycles. The van der Waals surface area contributed by atoms with Crippen LogP contribution in [-0.4, -0.2) is 18.3 Å². The molecular weight excluding hydrogens is 499 g/mol. The molecule has 1 heterocycles. The molecule has 2 nitrogen and oxygen atoms in total. The Bertz CT molecular complexity index is 1610. The number of hydrogen-bond acceptors (Lipinski definition) is 2. The molecule has 3 aromatic rings. The highest BCUT2D eigenvalue weighted by molar-refractivity contribution is 6.62. The van der Waals surface area contributed by atoms with E-state index in [4.69, 9.17) is 9.31 Å². The summed E-state index contributed by atoms with van der Waals surface area (Å²) in [5.41, 5.74) is 12.8. The number of benzene rings is 3. The molecule has 5 atom stereocenters. The smallest absolute Gasteiger partial charge is 0.399 e. The maximum absolute atomic E-state index is 6.61. The Kier molecular flexibility index (Phi) is 4.77. The molecule has 5 aliphatic carbocycles. The van der Waals surface area contributed by atoms with Crippen LogP contribution in [0.3, 0.4) is 0 Å². The first-order valence-electron chi connectivity index (χ1n) is 16.3. The molecule has 1 spiro atoms. The van der Waals surface area contributed by atoms with Gasteiger partial charge in [0.1, 0.15) is 0 Å². The van der Waals surface area contributed by atoms with E-state index < -0.39 is 0 Å². The Balaban J connectivity index is 1.33. The van der Waals surface area contributed by atoms with Crippen molar-refractivity contribution in [1.82, 2.24) is 0 Å². The maximum atomic E-state index is 6.61. The van der Waals surface area contributed by atoms with Crippen molar-refractivity contribution in [2.45, 2.75) is 102 Å². The Hall–Kier alpha value is -2.36. The molecule has 210 valence electrons. The Morgan fingerprint density at radius 3 is 2.15 bits per heavy atom. The van der Waals surface area contributed by atoms with Crippen molar-refractivity contribution in [2.24, 2.45) is 23.7 Å². The average Bonchev–Trinajstić information content (AvgIpc) is 3.44. The predicted molar refractivity (Wildman–Crippen MR) is 168 cm³/mol. The van der Waals surface area contributed by atoms with Crippen LogP contribution < -0.4 is 5.46 Å². The molecule has 3 saturated carbocycles. The first-order valence-corrected chi connectivity index (χ1v) is 16.3. The van der Waals surface area contributed by atoms with Gasteiger partial charge in [-0.3, -0.25) is 0 Å². The summed E-state index contributed by atoms with van der Waals surface area (Å²) in [6.45, 7) is 13.5. The summed E-state index contributed by atoms with van der Waals surface area (Å²) in [5.74, 6) is 3.30. The molecule has 1 aliphatic heterocycles. The van der Waals surface area contributed by atoms with E-state index in [1.54, 1.807) is 11.1 Å². The summed E-state index contributed by atoms with van der Waals surface area (Å²) < 4.78 is 13.2. The van der Waals surface area contributed by atoms with Crippen molar-refractivity contribution in [3.63, 3.8) is 0 Å². The topological polar surface area (TPSA) is 18.5 Å². The van der Waals surface area contributed by atoms with Crippen molar-refractivity contribution >= 4 is 12.6 Å². The quantitative estimate of drug-likeness (QED) is 0.288. The zero-order valence-corrected chi connectivity index (χ0v) is 25.6. The monoisotopic (exact) mass is 542 g/mol. The minimum atomic E-state index is -0.348. The van der Waals surface area contributed by atoms with E-state index in [1.165, 1.54) is 71.9 Å². The summed E-state index contributed by atoms with van der Waals surface area (Å²) in [5, 5.41) is 0. The highest BCUT2D eigenvalue weighted by atomic mass is 16.7. The molecular formula is C38H43BO2. The molecule has 6 aliphatic rings. The summed E-state index contributed by atoms with van der Waals surface area (Å²) in [7, 11) is -0.340. The van der Waals surface area contributed by atoms with Gasteiger partial charge in [0, 0.05) is 10.8 Å². The van der Waals surface area contributed by atoms with E-state index in [0.717, 1.165) is 29.1 Å². The van der Waals surface area contributed by atoms with Gasteiger partial charge in [-0.1, -0.05) is 74.9 Å². The SMILES string of the molecule is CC1(C)c2ccccc2-c2c1ccc1c2-c2cc(B3OC(C)(C)C(C)(C)O3)ccc2C12C1CCC3CCC(C1)CC32. The molecule has 3 bridgehead atoms. The zero-order chi connectivity index (χ0) is 28.1. The fourth-order valence-electron chi connectivity index (χ4n) is 10.7. The molecule has 0 N–H and O–H groups in total. The van der Waals surface area contributed by atoms with Crippen molar-refractivity contribution in [3.05, 3.63) is 76.9 Å². The van der Waals surface area contributed by atoms with Crippen molar-refractivity contribution in [1.29, 1.82) is 0 Å². The lowest BCUT2D eigenvalue weighted by atomic mass is 9.43. The third-order valence-electron chi connectivity index (χ3n) is 13.3. The first kappa shape index (κ1) is 25.2. The molecule has 0 amide bonds. The minimum absolute atomic E-state index is 0.00170. The van der Waals surface area contributed by atoms with Gasteiger partial charge >= 0.3 is 7.12 Å². The van der Waals surface area contributed by atoms with Crippen LogP contribution >= 0.6 is 0 Å². The van der Waals surface area contributed by atoms with Gasteiger partial charge in [0.2, 0.25) is 0 Å².